The maximum Gasteiger partial charge on any atom is 0.329 e. The third kappa shape index (κ3) is 8.47. The molecule has 5 aromatic rings. The molecule has 13 nitrogen and oxygen atoms in total. The molecule has 336 valence electrons. The number of imide groups is 1. The summed E-state index contributed by atoms with van der Waals surface area (Å²) in [5.74, 6) is 1.17. The van der Waals surface area contributed by atoms with Crippen LogP contribution in [-0.2, 0) is 27.9 Å². The SMILES string of the molecule is COc1cc2c(cc1OC(C)C)[C@H](c1ccc(Cl)cc1)N(c1ccc(N(C)CC3CCC(N4CCN(c5ccc6c(c5)n(C)c(=O)n6C5CCC(=O)NC5=O)CC4)CC3)cc1)C(=O)C2. The van der Waals surface area contributed by atoms with Crippen molar-refractivity contribution in [2.24, 2.45) is 13.0 Å². The zero-order valence-corrected chi connectivity index (χ0v) is 38.1. The van der Waals surface area contributed by atoms with Crippen LogP contribution in [0.5, 0.6) is 11.5 Å². The average molecular weight is 889 g/mol. The number of anilines is 3. The van der Waals surface area contributed by atoms with Crippen molar-refractivity contribution in [1.29, 1.82) is 0 Å². The van der Waals surface area contributed by atoms with Gasteiger partial charge in [0.2, 0.25) is 17.7 Å². The van der Waals surface area contributed by atoms with Gasteiger partial charge in [0.1, 0.15) is 6.04 Å². The lowest BCUT2D eigenvalue weighted by atomic mass is 9.84. The quantitative estimate of drug-likeness (QED) is 0.137. The zero-order valence-electron chi connectivity index (χ0n) is 37.4. The Morgan fingerprint density at radius 2 is 1.52 bits per heavy atom. The number of fused-ring (bicyclic) bond motifs is 2. The van der Waals surface area contributed by atoms with E-state index in [1.807, 2.05) is 61.2 Å². The summed E-state index contributed by atoms with van der Waals surface area (Å²) < 4.78 is 15.0. The normalized spacial score (nSPS) is 21.9. The topological polar surface area (TPSA) is 122 Å². The number of amides is 3. The van der Waals surface area contributed by atoms with Crippen molar-refractivity contribution in [3.8, 4) is 11.5 Å². The molecule has 0 bridgehead atoms. The number of carbonyl (C=O) groups excluding carboxylic acids is 3. The predicted octanol–water partition coefficient (Wildman–Crippen LogP) is 7.26. The summed E-state index contributed by atoms with van der Waals surface area (Å²) in [5, 5.41) is 3.03. The molecule has 3 amide bonds. The second kappa shape index (κ2) is 18.0. The third-order valence-corrected chi connectivity index (χ3v) is 14.1. The molecule has 0 radical (unpaired) electrons. The highest BCUT2D eigenvalue weighted by Crippen LogP contribution is 2.44. The number of imidazole rings is 1. The van der Waals surface area contributed by atoms with Crippen molar-refractivity contribution >= 4 is 57.4 Å². The molecule has 2 atom stereocenters. The van der Waals surface area contributed by atoms with E-state index in [1.54, 1.807) is 18.7 Å². The van der Waals surface area contributed by atoms with Crippen molar-refractivity contribution in [3.63, 3.8) is 0 Å². The van der Waals surface area contributed by atoms with E-state index in [1.165, 1.54) is 30.3 Å². The highest BCUT2D eigenvalue weighted by molar-refractivity contribution is 6.30. The molecule has 3 fully saturated rings. The second-order valence-corrected chi connectivity index (χ2v) is 18.6. The summed E-state index contributed by atoms with van der Waals surface area (Å²) in [4.78, 5) is 61.1. The van der Waals surface area contributed by atoms with Crippen LogP contribution in [0.2, 0.25) is 5.02 Å². The van der Waals surface area contributed by atoms with Crippen LogP contribution in [0.3, 0.4) is 0 Å². The first-order valence-corrected chi connectivity index (χ1v) is 23.0. The van der Waals surface area contributed by atoms with Crippen molar-refractivity contribution in [2.75, 3.05) is 61.6 Å². The number of ether oxygens (including phenoxy) is 2. The highest BCUT2D eigenvalue weighted by Gasteiger charge is 2.37. The number of rotatable bonds is 11. The lowest BCUT2D eigenvalue weighted by molar-refractivity contribution is -0.135. The summed E-state index contributed by atoms with van der Waals surface area (Å²) >= 11 is 6.34. The van der Waals surface area contributed by atoms with Crippen molar-refractivity contribution in [1.82, 2.24) is 19.4 Å². The molecular weight excluding hydrogens is 830 g/mol. The minimum atomic E-state index is -0.690. The van der Waals surface area contributed by atoms with Crippen LogP contribution in [0.15, 0.2) is 83.7 Å². The van der Waals surface area contributed by atoms with Gasteiger partial charge in [0.05, 0.1) is 36.7 Å². The molecule has 4 aliphatic rings. The van der Waals surface area contributed by atoms with Gasteiger partial charge in [-0.25, -0.2) is 4.79 Å². The minimum Gasteiger partial charge on any atom is -0.493 e. The van der Waals surface area contributed by atoms with E-state index >= 15 is 0 Å². The van der Waals surface area contributed by atoms with Crippen LogP contribution in [0.25, 0.3) is 11.0 Å². The lowest BCUT2D eigenvalue weighted by Gasteiger charge is -2.43. The van der Waals surface area contributed by atoms with Crippen molar-refractivity contribution in [3.05, 3.63) is 111 Å². The van der Waals surface area contributed by atoms with Crippen LogP contribution in [0.1, 0.15) is 81.1 Å². The van der Waals surface area contributed by atoms with Gasteiger partial charge in [-0.15, -0.1) is 0 Å². The Balaban J connectivity index is 0.814. The smallest absolute Gasteiger partial charge is 0.329 e. The maximum atomic E-state index is 14.1. The maximum absolute atomic E-state index is 14.1. The van der Waals surface area contributed by atoms with Gasteiger partial charge in [-0.3, -0.25) is 33.7 Å². The number of benzene rings is 4. The van der Waals surface area contributed by atoms with Crippen LogP contribution in [-0.4, -0.2) is 90.8 Å². The molecule has 4 aromatic carbocycles. The molecule has 1 aromatic heterocycles. The first-order valence-electron chi connectivity index (χ1n) is 22.7. The van der Waals surface area contributed by atoms with Gasteiger partial charge in [0, 0.05) is 81.4 Å². The van der Waals surface area contributed by atoms with E-state index in [0.29, 0.717) is 40.4 Å². The molecule has 14 heteroatoms. The van der Waals surface area contributed by atoms with E-state index in [4.69, 9.17) is 21.1 Å². The molecule has 1 N–H and O–H groups in total. The van der Waals surface area contributed by atoms with E-state index in [-0.39, 0.29) is 42.5 Å². The third-order valence-electron chi connectivity index (χ3n) is 13.8. The number of halogens is 1. The monoisotopic (exact) mass is 887 g/mol. The van der Waals surface area contributed by atoms with Gasteiger partial charge in [-0.05, 0) is 135 Å². The fourth-order valence-corrected chi connectivity index (χ4v) is 10.6. The van der Waals surface area contributed by atoms with E-state index in [0.717, 1.165) is 72.0 Å². The van der Waals surface area contributed by atoms with Gasteiger partial charge in [0.25, 0.3) is 0 Å². The summed E-state index contributed by atoms with van der Waals surface area (Å²) in [7, 11) is 5.54. The predicted molar refractivity (Wildman–Crippen MR) is 251 cm³/mol. The minimum absolute atomic E-state index is 0.0140. The molecule has 1 unspecified atom stereocenters. The Hall–Kier alpha value is -5.79. The van der Waals surface area contributed by atoms with Gasteiger partial charge < -0.3 is 24.2 Å². The number of aromatic nitrogens is 2. The van der Waals surface area contributed by atoms with E-state index in [2.05, 4.69) is 63.5 Å². The Labute approximate surface area is 379 Å². The number of nitrogens with one attached hydrogen (secondary N) is 1. The zero-order chi connectivity index (χ0) is 44.8. The number of carbonyl (C=O) groups is 3. The second-order valence-electron chi connectivity index (χ2n) is 18.2. The van der Waals surface area contributed by atoms with Gasteiger partial charge in [0.15, 0.2) is 11.5 Å². The van der Waals surface area contributed by atoms with E-state index < -0.39 is 11.9 Å². The number of aryl methyl sites for hydroxylation is 1. The molecule has 64 heavy (non-hydrogen) atoms. The summed E-state index contributed by atoms with van der Waals surface area (Å²) in [6.45, 7) is 8.74. The van der Waals surface area contributed by atoms with E-state index in [9.17, 15) is 19.2 Å². The first kappa shape index (κ1) is 43.5. The number of hydrogen-bond acceptors (Lipinski definition) is 9. The number of nitrogens with zero attached hydrogens (tertiary/aromatic N) is 6. The molecule has 3 aliphatic heterocycles. The summed E-state index contributed by atoms with van der Waals surface area (Å²) in [6, 6.07) is 25.7. The summed E-state index contributed by atoms with van der Waals surface area (Å²) in [6.07, 6.45) is 5.47. The molecule has 9 rings (SSSR count). The molecule has 1 saturated carbocycles. The molecule has 0 spiro atoms. The van der Waals surface area contributed by atoms with Crippen LogP contribution < -0.4 is 35.2 Å². The fourth-order valence-electron chi connectivity index (χ4n) is 10.5. The van der Waals surface area contributed by atoms with Gasteiger partial charge in [-0.2, -0.15) is 0 Å². The highest BCUT2D eigenvalue weighted by atomic mass is 35.5. The molecule has 4 heterocycles. The molecule has 1 aliphatic carbocycles. The van der Waals surface area contributed by atoms with Crippen molar-refractivity contribution in [2.45, 2.75) is 83.0 Å². The van der Waals surface area contributed by atoms with Gasteiger partial charge >= 0.3 is 5.69 Å². The Morgan fingerprint density at radius 3 is 2.19 bits per heavy atom. The van der Waals surface area contributed by atoms with Gasteiger partial charge in [-0.1, -0.05) is 23.7 Å². The number of piperidine rings is 1. The van der Waals surface area contributed by atoms with Crippen molar-refractivity contribution < 1.29 is 23.9 Å². The van der Waals surface area contributed by atoms with Crippen LogP contribution >= 0.6 is 11.6 Å². The Morgan fingerprint density at radius 1 is 0.812 bits per heavy atom. The number of hydrogen-bond donors (Lipinski definition) is 1. The van der Waals surface area contributed by atoms with Crippen LogP contribution in [0.4, 0.5) is 17.1 Å². The largest absolute Gasteiger partial charge is 0.493 e. The first-order chi connectivity index (χ1) is 30.9. The molecular formula is C50H58ClN7O6. The van der Waals surface area contributed by atoms with Crippen LogP contribution in [0, 0.1) is 5.92 Å². The lowest BCUT2D eigenvalue weighted by Crippen LogP contribution is -2.51. The number of methoxy groups -OCH3 is 1. The summed E-state index contributed by atoms with van der Waals surface area (Å²) in [5.41, 5.74) is 7.17. The standard InChI is InChI=1S/C50H58ClN7O6/c1-31(2)64-45-29-40-34(26-44(45)63-5)27-47(60)57(48(40)33-8-10-35(51)11-9-33)38-16-14-36(15-17-38)53(3)30-32-6-12-37(13-7-32)55-22-24-56(25-23-55)39-18-19-41-43(28-39)54(4)50(62)58(41)42-20-21-46(59)52-49(42)61/h8-11,14-19,26,28-29,31-32,37,42,48H,6-7,12-13,20-25,27,30H2,1-5H3,(H,52,59,61)/t32?,37?,42?,48-/m0/s1. The Bertz CT molecular complexity index is 2610. The average Bonchev–Trinajstić information content (AvgIpc) is 3.54. The number of piperazine rings is 1. The Kier molecular flexibility index (Phi) is 12.2. The molecule has 2 saturated heterocycles. The fraction of sp³-hybridized carbons (Fsp3) is 0.440.